The lowest BCUT2D eigenvalue weighted by Gasteiger charge is -2.43. The van der Waals surface area contributed by atoms with E-state index in [1.54, 1.807) is 17.8 Å². The van der Waals surface area contributed by atoms with Crippen molar-refractivity contribution in [2.24, 2.45) is 0 Å². The van der Waals surface area contributed by atoms with E-state index in [0.29, 0.717) is 41.1 Å². The number of amides is 1. The molecule has 1 unspecified atom stereocenters. The topological polar surface area (TPSA) is 23.6 Å². The summed E-state index contributed by atoms with van der Waals surface area (Å²) in [5.74, 6) is 1.91. The maximum absolute atomic E-state index is 12.9. The molecule has 1 amide bonds. The van der Waals surface area contributed by atoms with Gasteiger partial charge >= 0.3 is 0 Å². The van der Waals surface area contributed by atoms with Crippen molar-refractivity contribution in [2.75, 3.05) is 36.0 Å². The minimum atomic E-state index is -0.0138. The average Bonchev–Trinajstić information content (AvgIpc) is 2.79. The van der Waals surface area contributed by atoms with Gasteiger partial charge in [-0.2, -0.15) is 11.8 Å². The van der Waals surface area contributed by atoms with Gasteiger partial charge in [-0.15, -0.1) is 0 Å². The van der Waals surface area contributed by atoms with Crippen molar-refractivity contribution in [1.29, 1.82) is 0 Å². The molecule has 0 saturated carbocycles. The highest BCUT2D eigenvalue weighted by Gasteiger charge is 2.31. The third-order valence-corrected chi connectivity index (χ3v) is 7.03. The Hall–Kier alpha value is -1.59. The number of carbonyl (C=O) groups is 1. The summed E-state index contributed by atoms with van der Waals surface area (Å²) >= 11 is 20.5. The van der Waals surface area contributed by atoms with E-state index in [9.17, 15) is 4.79 Å². The molecule has 0 bridgehead atoms. The molecule has 1 aliphatic heterocycles. The first-order valence-electron chi connectivity index (χ1n) is 10.6. The number of hydrogen-bond donors (Lipinski definition) is 0. The predicted molar refractivity (Wildman–Crippen MR) is 140 cm³/mol. The Morgan fingerprint density at radius 3 is 2.53 bits per heavy atom. The van der Waals surface area contributed by atoms with Crippen molar-refractivity contribution in [3.8, 4) is 0 Å². The maximum atomic E-state index is 12.9. The van der Waals surface area contributed by atoms with Crippen LogP contribution in [0.25, 0.3) is 0 Å². The number of hydrogen-bond acceptors (Lipinski definition) is 3. The number of carbonyl (C=O) groups excluding carboxylic acids is 1. The Morgan fingerprint density at radius 1 is 1.06 bits per heavy atom. The second-order valence-electron chi connectivity index (χ2n) is 7.48. The number of halogens is 3. The molecular weight excluding hydrogens is 483 g/mol. The summed E-state index contributed by atoms with van der Waals surface area (Å²) in [5.41, 5.74) is 2.02. The van der Waals surface area contributed by atoms with Crippen molar-refractivity contribution in [3.05, 3.63) is 87.4 Å². The molecule has 7 heteroatoms. The SMILES string of the molecule is C/C=C\C=C/CSCCC(=O)N1CCN(c2ccc(Cl)cc2Cl)C(c2ccc(Cl)cc2)C1. The third kappa shape index (κ3) is 6.95. The maximum Gasteiger partial charge on any atom is 0.223 e. The first-order chi connectivity index (χ1) is 15.5. The highest BCUT2D eigenvalue weighted by atomic mass is 35.5. The number of piperazine rings is 1. The van der Waals surface area contributed by atoms with Gasteiger partial charge in [-0.1, -0.05) is 71.2 Å². The predicted octanol–water partition coefficient (Wildman–Crippen LogP) is 7.29. The Labute approximate surface area is 210 Å². The van der Waals surface area contributed by atoms with Crippen LogP contribution in [0.4, 0.5) is 5.69 Å². The van der Waals surface area contributed by atoms with Gasteiger partial charge in [0.2, 0.25) is 5.91 Å². The van der Waals surface area contributed by atoms with Gasteiger partial charge in [0.15, 0.2) is 0 Å². The number of nitrogens with zero attached hydrogens (tertiary/aromatic N) is 2. The minimum absolute atomic E-state index is 0.0138. The lowest BCUT2D eigenvalue weighted by atomic mass is 10.0. The van der Waals surface area contributed by atoms with Gasteiger partial charge in [0.1, 0.15) is 0 Å². The number of anilines is 1. The monoisotopic (exact) mass is 508 g/mol. The molecule has 1 heterocycles. The molecule has 1 atom stereocenters. The molecule has 1 aliphatic rings. The van der Waals surface area contributed by atoms with E-state index in [4.69, 9.17) is 34.8 Å². The van der Waals surface area contributed by atoms with Gasteiger partial charge in [-0.05, 0) is 42.8 Å². The van der Waals surface area contributed by atoms with E-state index in [2.05, 4.69) is 11.0 Å². The second-order valence-corrected chi connectivity index (χ2v) is 9.90. The molecule has 0 aliphatic carbocycles. The summed E-state index contributed by atoms with van der Waals surface area (Å²) in [6.07, 6.45) is 8.69. The van der Waals surface area contributed by atoms with Crippen LogP contribution in [-0.4, -0.2) is 41.9 Å². The van der Waals surface area contributed by atoms with Crippen LogP contribution in [0.2, 0.25) is 15.1 Å². The van der Waals surface area contributed by atoms with E-state index in [0.717, 1.165) is 22.8 Å². The second kappa shape index (κ2) is 12.6. The van der Waals surface area contributed by atoms with Crippen molar-refractivity contribution in [2.45, 2.75) is 19.4 Å². The van der Waals surface area contributed by atoms with E-state index >= 15 is 0 Å². The third-order valence-electron chi connectivity index (χ3n) is 5.32. The number of thioether (sulfide) groups is 1. The Bertz CT molecular complexity index is 962. The van der Waals surface area contributed by atoms with Crippen molar-refractivity contribution in [3.63, 3.8) is 0 Å². The quantitative estimate of drug-likeness (QED) is 0.276. The van der Waals surface area contributed by atoms with Gasteiger partial charge in [-0.25, -0.2) is 0 Å². The lowest BCUT2D eigenvalue weighted by molar-refractivity contribution is -0.131. The molecule has 0 N–H and O–H groups in total. The lowest BCUT2D eigenvalue weighted by Crippen LogP contribution is -2.50. The van der Waals surface area contributed by atoms with Gasteiger partial charge in [0.05, 0.1) is 16.8 Å². The molecule has 1 fully saturated rings. The summed E-state index contributed by atoms with van der Waals surface area (Å²) in [7, 11) is 0. The zero-order valence-electron chi connectivity index (χ0n) is 18.0. The molecule has 1 saturated heterocycles. The van der Waals surface area contributed by atoms with Crippen molar-refractivity contribution in [1.82, 2.24) is 4.90 Å². The van der Waals surface area contributed by atoms with Gasteiger partial charge in [-0.3, -0.25) is 4.79 Å². The molecule has 32 heavy (non-hydrogen) atoms. The van der Waals surface area contributed by atoms with Crippen LogP contribution < -0.4 is 4.90 Å². The smallest absolute Gasteiger partial charge is 0.223 e. The molecule has 0 spiro atoms. The van der Waals surface area contributed by atoms with Crippen LogP contribution in [-0.2, 0) is 4.79 Å². The van der Waals surface area contributed by atoms with E-state index in [1.165, 1.54) is 0 Å². The van der Waals surface area contributed by atoms with Crippen molar-refractivity contribution < 1.29 is 4.79 Å². The van der Waals surface area contributed by atoms with Gasteiger partial charge in [0.25, 0.3) is 0 Å². The zero-order chi connectivity index (χ0) is 22.9. The first kappa shape index (κ1) is 25.0. The summed E-state index contributed by atoms with van der Waals surface area (Å²) in [6, 6.07) is 13.4. The highest BCUT2D eigenvalue weighted by Crippen LogP contribution is 2.37. The van der Waals surface area contributed by atoms with E-state index in [-0.39, 0.29) is 11.9 Å². The zero-order valence-corrected chi connectivity index (χ0v) is 21.1. The summed E-state index contributed by atoms with van der Waals surface area (Å²) in [5, 5.41) is 1.90. The molecule has 2 aromatic rings. The molecule has 0 radical (unpaired) electrons. The molecule has 0 aromatic heterocycles. The van der Waals surface area contributed by atoms with Crippen molar-refractivity contribution >= 4 is 58.2 Å². The Kier molecular flexibility index (Phi) is 9.86. The Morgan fingerprint density at radius 2 is 1.81 bits per heavy atom. The number of benzene rings is 2. The molecule has 3 nitrogen and oxygen atoms in total. The fourth-order valence-electron chi connectivity index (χ4n) is 3.70. The standard InChI is InChI=1S/C25H27Cl3N2OS/c1-2-3-4-5-15-32-16-12-25(31)29-13-14-30(23-11-10-21(27)17-22(23)28)24(18-29)19-6-8-20(26)9-7-19/h2-11,17,24H,12-16,18H2,1H3/b3-2-,5-4-. The van der Waals surface area contributed by atoms with Crippen LogP contribution in [0.5, 0.6) is 0 Å². The fraction of sp³-hybridized carbons (Fsp3) is 0.320. The summed E-state index contributed by atoms with van der Waals surface area (Å²) in [4.78, 5) is 17.1. The highest BCUT2D eigenvalue weighted by molar-refractivity contribution is 7.99. The normalized spacial score (nSPS) is 16.9. The molecule has 170 valence electrons. The van der Waals surface area contributed by atoms with Crippen LogP contribution in [0.15, 0.2) is 66.8 Å². The fourth-order valence-corrected chi connectivity index (χ4v) is 5.07. The van der Waals surface area contributed by atoms with Gasteiger partial charge < -0.3 is 9.80 Å². The first-order valence-corrected chi connectivity index (χ1v) is 12.9. The Balaban J connectivity index is 1.69. The number of rotatable bonds is 8. The van der Waals surface area contributed by atoms with Crippen LogP contribution in [0.3, 0.4) is 0 Å². The largest absolute Gasteiger partial charge is 0.360 e. The molecule has 2 aromatic carbocycles. The van der Waals surface area contributed by atoms with Crippen LogP contribution in [0, 0.1) is 0 Å². The average molecular weight is 510 g/mol. The van der Waals surface area contributed by atoms with Gasteiger partial charge in [0, 0.05) is 47.6 Å². The number of allylic oxidation sites excluding steroid dienone is 3. The molecule has 3 rings (SSSR count). The van der Waals surface area contributed by atoms with Crippen LogP contribution >= 0.6 is 46.6 Å². The summed E-state index contributed by atoms with van der Waals surface area (Å²) < 4.78 is 0. The minimum Gasteiger partial charge on any atom is -0.360 e. The van der Waals surface area contributed by atoms with E-state index < -0.39 is 0 Å². The van der Waals surface area contributed by atoms with E-state index in [1.807, 2.05) is 66.4 Å². The summed E-state index contributed by atoms with van der Waals surface area (Å²) in [6.45, 7) is 3.95. The van der Waals surface area contributed by atoms with Crippen LogP contribution in [0.1, 0.15) is 24.9 Å². The molecular formula is C25H27Cl3N2OS.